The van der Waals surface area contributed by atoms with Crippen LogP contribution >= 0.6 is 0 Å². The first-order chi connectivity index (χ1) is 7.85. The SMILES string of the molecule is CCC(C)(C)CNC(=O)C1CC(C(=O)O)=NO1. The van der Waals surface area contributed by atoms with Gasteiger partial charge in [-0.2, -0.15) is 0 Å². The van der Waals surface area contributed by atoms with Crippen LogP contribution in [-0.4, -0.2) is 35.3 Å². The monoisotopic (exact) mass is 242 g/mol. The Morgan fingerprint density at radius 3 is 2.71 bits per heavy atom. The molecule has 6 nitrogen and oxygen atoms in total. The Hall–Kier alpha value is -1.59. The smallest absolute Gasteiger partial charge is 0.353 e. The summed E-state index contributed by atoms with van der Waals surface area (Å²) >= 11 is 0. The molecule has 0 aromatic carbocycles. The van der Waals surface area contributed by atoms with Gasteiger partial charge in [0, 0.05) is 13.0 Å². The molecule has 1 heterocycles. The number of nitrogens with zero attached hydrogens (tertiary/aromatic N) is 1. The Bertz CT molecular complexity index is 349. The standard InChI is InChI=1S/C11H18N2O4/c1-4-11(2,3)6-12-9(14)8-5-7(10(15)16)13-17-8/h8H,4-6H2,1-3H3,(H,12,14)(H,15,16). The van der Waals surface area contributed by atoms with E-state index in [9.17, 15) is 9.59 Å². The van der Waals surface area contributed by atoms with Crippen molar-refractivity contribution in [2.45, 2.75) is 39.7 Å². The van der Waals surface area contributed by atoms with Crippen molar-refractivity contribution >= 4 is 17.6 Å². The van der Waals surface area contributed by atoms with Gasteiger partial charge in [0.15, 0.2) is 5.71 Å². The Labute approximate surface area is 100 Å². The van der Waals surface area contributed by atoms with Crippen LogP contribution in [0.25, 0.3) is 0 Å². The summed E-state index contributed by atoms with van der Waals surface area (Å²) in [7, 11) is 0. The van der Waals surface area contributed by atoms with Crippen molar-refractivity contribution in [2.24, 2.45) is 10.6 Å². The molecule has 96 valence electrons. The maximum absolute atomic E-state index is 11.7. The first-order valence-corrected chi connectivity index (χ1v) is 5.59. The first kappa shape index (κ1) is 13.5. The van der Waals surface area contributed by atoms with Crippen LogP contribution in [0.2, 0.25) is 0 Å². The minimum absolute atomic E-state index is 0.0186. The molecular formula is C11H18N2O4. The van der Waals surface area contributed by atoms with Crippen LogP contribution in [0.4, 0.5) is 0 Å². The zero-order chi connectivity index (χ0) is 13.1. The molecule has 0 spiro atoms. The van der Waals surface area contributed by atoms with Crippen molar-refractivity contribution in [3.8, 4) is 0 Å². The van der Waals surface area contributed by atoms with Crippen molar-refractivity contribution in [1.29, 1.82) is 0 Å². The summed E-state index contributed by atoms with van der Waals surface area (Å²) in [5.41, 5.74) is -0.0926. The molecule has 0 aromatic heterocycles. The summed E-state index contributed by atoms with van der Waals surface area (Å²) in [6.45, 7) is 6.67. The molecule has 0 saturated heterocycles. The summed E-state index contributed by atoms with van der Waals surface area (Å²) in [5.74, 6) is -1.46. The molecule has 0 fully saturated rings. The molecule has 1 unspecified atom stereocenters. The number of nitrogens with one attached hydrogen (secondary N) is 1. The molecule has 17 heavy (non-hydrogen) atoms. The molecule has 0 bridgehead atoms. The van der Waals surface area contributed by atoms with Crippen LogP contribution in [-0.2, 0) is 14.4 Å². The second kappa shape index (κ2) is 5.16. The molecule has 0 aliphatic carbocycles. The number of aliphatic carboxylic acids is 1. The van der Waals surface area contributed by atoms with Gasteiger partial charge in [0.2, 0.25) is 6.10 Å². The van der Waals surface area contributed by atoms with Gasteiger partial charge in [-0.05, 0) is 11.8 Å². The predicted octanol–water partition coefficient (Wildman–Crippen LogP) is 0.768. The molecule has 1 aliphatic rings. The van der Waals surface area contributed by atoms with Crippen molar-refractivity contribution in [3.05, 3.63) is 0 Å². The number of carboxylic acid groups (broad SMARTS) is 1. The highest BCUT2D eigenvalue weighted by Gasteiger charge is 2.32. The summed E-state index contributed by atoms with van der Waals surface area (Å²) in [6.07, 6.45) is 0.150. The Kier molecular flexibility index (Phi) is 4.09. The summed E-state index contributed by atoms with van der Waals surface area (Å²) in [5, 5.41) is 14.8. The van der Waals surface area contributed by atoms with Crippen molar-refractivity contribution < 1.29 is 19.5 Å². The lowest BCUT2D eigenvalue weighted by molar-refractivity contribution is -0.131. The fraction of sp³-hybridized carbons (Fsp3) is 0.727. The highest BCUT2D eigenvalue weighted by atomic mass is 16.6. The van der Waals surface area contributed by atoms with Gasteiger partial charge in [-0.15, -0.1) is 0 Å². The van der Waals surface area contributed by atoms with E-state index in [2.05, 4.69) is 10.5 Å². The van der Waals surface area contributed by atoms with Crippen molar-refractivity contribution in [1.82, 2.24) is 5.32 Å². The lowest BCUT2D eigenvalue weighted by Gasteiger charge is -2.23. The van der Waals surface area contributed by atoms with Gasteiger partial charge in [-0.3, -0.25) is 4.79 Å². The van der Waals surface area contributed by atoms with E-state index in [-0.39, 0.29) is 23.5 Å². The van der Waals surface area contributed by atoms with E-state index in [1.165, 1.54) is 0 Å². The third kappa shape index (κ3) is 3.72. The van der Waals surface area contributed by atoms with E-state index in [1.54, 1.807) is 0 Å². The van der Waals surface area contributed by atoms with E-state index in [0.717, 1.165) is 6.42 Å². The molecule has 0 aromatic rings. The third-order valence-corrected chi connectivity index (χ3v) is 2.91. The number of rotatable bonds is 5. The number of amides is 1. The topological polar surface area (TPSA) is 88.0 Å². The highest BCUT2D eigenvalue weighted by Crippen LogP contribution is 2.18. The number of carbonyl (C=O) groups is 2. The fourth-order valence-corrected chi connectivity index (χ4v) is 1.21. The van der Waals surface area contributed by atoms with Crippen LogP contribution in [0.1, 0.15) is 33.6 Å². The quantitative estimate of drug-likeness (QED) is 0.745. The van der Waals surface area contributed by atoms with Gasteiger partial charge in [0.1, 0.15) is 0 Å². The van der Waals surface area contributed by atoms with Gasteiger partial charge >= 0.3 is 5.97 Å². The lowest BCUT2D eigenvalue weighted by Crippen LogP contribution is -2.40. The zero-order valence-corrected chi connectivity index (χ0v) is 10.3. The summed E-state index contributed by atoms with van der Waals surface area (Å²) < 4.78 is 0. The second-order valence-electron chi connectivity index (χ2n) is 4.88. The molecule has 1 rings (SSSR count). The average Bonchev–Trinajstić information content (AvgIpc) is 2.75. The molecule has 1 atom stereocenters. The van der Waals surface area contributed by atoms with Crippen molar-refractivity contribution in [2.75, 3.05) is 6.54 Å². The van der Waals surface area contributed by atoms with Gasteiger partial charge in [-0.1, -0.05) is 25.9 Å². The van der Waals surface area contributed by atoms with Gasteiger partial charge in [0.05, 0.1) is 0 Å². The van der Waals surface area contributed by atoms with Crippen LogP contribution in [0.3, 0.4) is 0 Å². The fourth-order valence-electron chi connectivity index (χ4n) is 1.21. The predicted molar refractivity (Wildman–Crippen MR) is 61.6 cm³/mol. The normalized spacial score (nSPS) is 19.5. The zero-order valence-electron chi connectivity index (χ0n) is 10.3. The highest BCUT2D eigenvalue weighted by molar-refractivity contribution is 6.36. The number of carboxylic acids is 1. The molecular weight excluding hydrogens is 224 g/mol. The molecule has 2 N–H and O–H groups in total. The number of carbonyl (C=O) groups excluding carboxylic acids is 1. The average molecular weight is 242 g/mol. The Morgan fingerprint density at radius 1 is 1.59 bits per heavy atom. The summed E-state index contributed by atoms with van der Waals surface area (Å²) in [6, 6.07) is 0. The van der Waals surface area contributed by atoms with Gasteiger partial charge < -0.3 is 15.3 Å². The van der Waals surface area contributed by atoms with E-state index < -0.39 is 12.1 Å². The second-order valence-corrected chi connectivity index (χ2v) is 4.88. The molecule has 6 heteroatoms. The van der Waals surface area contributed by atoms with Crippen LogP contribution in [0.15, 0.2) is 5.16 Å². The molecule has 0 radical (unpaired) electrons. The lowest BCUT2D eigenvalue weighted by atomic mass is 9.90. The number of hydrogen-bond acceptors (Lipinski definition) is 4. The third-order valence-electron chi connectivity index (χ3n) is 2.91. The van der Waals surface area contributed by atoms with Crippen LogP contribution < -0.4 is 5.32 Å². The van der Waals surface area contributed by atoms with E-state index >= 15 is 0 Å². The molecule has 1 aliphatic heterocycles. The van der Waals surface area contributed by atoms with E-state index in [1.807, 2.05) is 20.8 Å². The van der Waals surface area contributed by atoms with Crippen LogP contribution in [0.5, 0.6) is 0 Å². The minimum atomic E-state index is -1.14. The van der Waals surface area contributed by atoms with Gasteiger partial charge in [0.25, 0.3) is 5.91 Å². The van der Waals surface area contributed by atoms with E-state index in [4.69, 9.17) is 9.94 Å². The van der Waals surface area contributed by atoms with Crippen molar-refractivity contribution in [3.63, 3.8) is 0 Å². The Morgan fingerprint density at radius 2 is 2.24 bits per heavy atom. The molecule has 0 saturated carbocycles. The maximum Gasteiger partial charge on any atom is 0.353 e. The number of oxime groups is 1. The van der Waals surface area contributed by atoms with Crippen LogP contribution in [0, 0.1) is 5.41 Å². The molecule has 1 amide bonds. The number of hydrogen-bond donors (Lipinski definition) is 2. The van der Waals surface area contributed by atoms with Gasteiger partial charge in [-0.25, -0.2) is 4.79 Å². The van der Waals surface area contributed by atoms with E-state index in [0.29, 0.717) is 6.54 Å². The maximum atomic E-state index is 11.7. The Balaban J connectivity index is 2.39. The largest absolute Gasteiger partial charge is 0.477 e. The minimum Gasteiger partial charge on any atom is -0.477 e. The first-order valence-electron chi connectivity index (χ1n) is 5.59. The summed E-state index contributed by atoms with van der Waals surface area (Å²) in [4.78, 5) is 27.0.